The van der Waals surface area contributed by atoms with Crippen molar-refractivity contribution in [3.8, 4) is 0 Å². The second-order valence-corrected chi connectivity index (χ2v) is 38.0. The molecule has 35 heteroatoms. The monoisotopic (exact) mass is 1730 g/mol. The molecule has 2 unspecified atom stereocenters. The molecule has 3 heterocycles. The van der Waals surface area contributed by atoms with Gasteiger partial charge in [-0.05, 0) is 153 Å². The number of hydrogen-bond acceptors (Lipinski definition) is 33. The van der Waals surface area contributed by atoms with Gasteiger partial charge in [0.15, 0.2) is 78.2 Å². The van der Waals surface area contributed by atoms with Crippen LogP contribution in [0.3, 0.4) is 0 Å². The number of benzene rings is 2. The summed E-state index contributed by atoms with van der Waals surface area (Å²) in [7, 11) is 0. The first-order valence-corrected chi connectivity index (χ1v) is 41.3. The van der Waals surface area contributed by atoms with Gasteiger partial charge in [-0.3, -0.25) is 28.8 Å². The minimum Gasteiger partial charge on any atom is -0.458 e. The number of carbonyl (C=O) groups excluding carboxylic acids is 14. The van der Waals surface area contributed by atoms with Crippen LogP contribution in [-0.2, 0) is 109 Å². The van der Waals surface area contributed by atoms with Crippen LogP contribution < -0.4 is 10.6 Å². The maximum absolute atomic E-state index is 15.6. The van der Waals surface area contributed by atoms with Crippen LogP contribution in [0.4, 0.5) is 19.2 Å². The number of amides is 2. The van der Waals surface area contributed by atoms with E-state index < -0.39 is 248 Å². The van der Waals surface area contributed by atoms with E-state index in [1.54, 1.807) is 119 Å². The quantitative estimate of drug-likeness (QED) is 0.0416. The van der Waals surface area contributed by atoms with Crippen molar-refractivity contribution in [2.24, 2.45) is 51.2 Å². The molecule has 674 valence electrons. The Morgan fingerprint density at radius 2 is 0.959 bits per heavy atom. The van der Waals surface area contributed by atoms with Gasteiger partial charge in [0.1, 0.15) is 22.9 Å². The lowest BCUT2D eigenvalue weighted by Gasteiger charge is -2.68. The second-order valence-electron chi connectivity index (χ2n) is 38.0. The second kappa shape index (κ2) is 33.8. The SMILES string of the molecule is CC(=O)O[C@H]1C(=O)[C@@]2(C)C([C@H](OC(=O)c3ccccc3)[C@]34OC(=O)O[C@H]3[C@H](OC(=O)[C@H](O)[C@H](CC(C)C)NC(=O)OC(C)(C)C)C(C)=C1C4(C)C)[C@]1(OC(C)=O)CC[C@@H]1C[C@H]2O.CC(=O)O[C@H]1C(=O)[C@@]2(C)C([C@H](OC(=O)c3ccccc3)[C@]34OC(=O)O[C@H]3[C@H](OC(=O)[C@H](O)[C@H](CC(C)C)NC(=O)OC(C)(C)C)C=C1C4(C)C)[C@]1(OC(C)=O)CO[C@@H]1C[C@H]2O. The van der Waals surface area contributed by atoms with E-state index in [4.69, 9.17) is 71.1 Å². The number of carbonyl (C=O) groups is 14. The number of hydrogen-bond donors (Lipinski definition) is 6. The van der Waals surface area contributed by atoms with Crippen LogP contribution in [0.5, 0.6) is 0 Å². The number of aliphatic hydroxyl groups is 4. The van der Waals surface area contributed by atoms with Crippen LogP contribution >= 0.6 is 0 Å². The molecule has 3 aliphatic heterocycles. The Balaban J connectivity index is 0.000000240. The first-order chi connectivity index (χ1) is 57.0. The number of esters is 8. The van der Waals surface area contributed by atoms with Gasteiger partial charge < -0.3 is 102 Å². The van der Waals surface area contributed by atoms with Gasteiger partial charge in [0.05, 0.1) is 64.7 Å². The predicted molar refractivity (Wildman–Crippen MR) is 422 cm³/mol. The highest BCUT2D eigenvalue weighted by molar-refractivity contribution is 5.98. The molecule has 7 aliphatic carbocycles. The number of rotatable bonds is 20. The zero-order chi connectivity index (χ0) is 91.3. The van der Waals surface area contributed by atoms with Crippen LogP contribution in [0.15, 0.2) is 83.5 Å². The normalized spacial score (nSPS) is 34.3. The first kappa shape index (κ1) is 93.6. The Hall–Kier alpha value is -10.1. The molecule has 123 heavy (non-hydrogen) atoms. The summed E-state index contributed by atoms with van der Waals surface area (Å²) in [4.78, 5) is 194. The van der Waals surface area contributed by atoms with Crippen molar-refractivity contribution in [2.45, 2.75) is 309 Å². The van der Waals surface area contributed by atoms with E-state index >= 15 is 9.59 Å². The van der Waals surface area contributed by atoms with Crippen LogP contribution in [-0.4, -0.2) is 236 Å². The van der Waals surface area contributed by atoms with Crippen LogP contribution in [0, 0.1) is 51.2 Å². The molecular weight excluding hydrogens is 1610 g/mol. The van der Waals surface area contributed by atoms with Crippen LogP contribution in [0.25, 0.3) is 0 Å². The fourth-order valence-electron chi connectivity index (χ4n) is 20.8. The highest BCUT2D eigenvalue weighted by Gasteiger charge is 2.85. The molecule has 12 rings (SSSR count). The van der Waals surface area contributed by atoms with Gasteiger partial charge in [0, 0.05) is 50.9 Å². The molecule has 2 aromatic carbocycles. The summed E-state index contributed by atoms with van der Waals surface area (Å²) in [6.45, 7) is 31.6. The lowest BCUT2D eigenvalue weighted by molar-refractivity contribution is -0.345. The Labute approximate surface area is 711 Å². The van der Waals surface area contributed by atoms with Gasteiger partial charge in [-0.2, -0.15) is 0 Å². The topological polar surface area (TPSA) is 482 Å². The number of Topliss-reactive ketones (excluding diaryl/α,β-unsaturated/α-hetero) is 2. The Bertz CT molecular complexity index is 4600. The number of alkyl carbamates (subject to hydrolysis) is 2. The van der Waals surface area contributed by atoms with E-state index in [2.05, 4.69) is 10.6 Å². The first-order valence-electron chi connectivity index (χ1n) is 41.3. The van der Waals surface area contributed by atoms with Crippen LogP contribution in [0.2, 0.25) is 0 Å². The lowest BCUT2D eigenvalue weighted by atomic mass is 9.40. The summed E-state index contributed by atoms with van der Waals surface area (Å²) in [5, 5.41) is 52.6. The average molecular weight is 1730 g/mol. The Morgan fingerprint density at radius 3 is 1.38 bits per heavy atom. The number of aliphatic hydroxyl groups excluding tert-OH is 4. The minimum absolute atomic E-state index is 0.0185. The third-order valence-electron chi connectivity index (χ3n) is 26.1. The van der Waals surface area contributed by atoms with Crippen molar-refractivity contribution < 1.29 is 159 Å². The van der Waals surface area contributed by atoms with Gasteiger partial charge in [0.25, 0.3) is 0 Å². The number of ether oxygens (including phenoxy) is 15. The van der Waals surface area contributed by atoms with Gasteiger partial charge in [-0.1, -0.05) is 91.8 Å². The zero-order valence-corrected chi connectivity index (χ0v) is 73.0. The molecule has 3 saturated heterocycles. The molecule has 0 aromatic heterocycles. The van der Waals surface area contributed by atoms with Gasteiger partial charge in [0.2, 0.25) is 11.2 Å². The van der Waals surface area contributed by atoms with E-state index in [0.29, 0.717) is 6.42 Å². The molecule has 2 aromatic rings. The zero-order valence-electron chi connectivity index (χ0n) is 73.0. The van der Waals surface area contributed by atoms with Crippen molar-refractivity contribution in [1.82, 2.24) is 10.6 Å². The summed E-state index contributed by atoms with van der Waals surface area (Å²) in [5.74, 6) is -13.7. The molecule has 24 atom stereocenters. The third-order valence-corrected chi connectivity index (χ3v) is 26.1. The van der Waals surface area contributed by atoms with Gasteiger partial charge in [-0.15, -0.1) is 0 Å². The maximum Gasteiger partial charge on any atom is 0.509 e. The lowest BCUT2D eigenvalue weighted by Crippen LogP contribution is -2.83. The fraction of sp³-hybridized carbons (Fsp3) is 0.659. The standard InChI is InChI=1S/C45H59NO16.C43H55NO17/c1-21(2)19-27(46-39(54)61-41(6,7)8)30(50)38(53)57-31-22(3)29-32(56-23(4)47)34(51)43(11)28(49)20-26-17-18-44(26,60-24(5)48)33(43)36(58-37(52)25-15-13-12-14-16-25)45(42(29,9)10)35(31)59-40(55)62-45;1-20(2)16-25(44-37(52)60-39(5,6)7)29(48)36(51)56-26-17-24-30(55-21(3)45)32(49)41(10)27(47)18-28-42(19-54-28,59-22(4)46)31(41)34(57-35(50)23-14-12-11-13-15-23)43(40(24,8)9)33(26)58-38(53)61-43/h12-16,21,26-28,30-33,35-36,49-50H,17-20H2,1-11H3,(H,46,54);11-15,17,20,25-31,33-34,47-48H,16,18-19H2,1-10H3,(H,44,52)/t26-,27+,28-,30-,31-,32-,33?,35+,36+,43-,44+,45-;25-,26+,27+,28+,29+,30+,31?,33-,34-,41+,42-,43+/m10/s1. The maximum atomic E-state index is 15.6. The van der Waals surface area contributed by atoms with Crippen molar-refractivity contribution >= 4 is 83.8 Å². The van der Waals surface area contributed by atoms with Crippen LogP contribution in [0.1, 0.15) is 205 Å². The summed E-state index contributed by atoms with van der Waals surface area (Å²) in [6.07, 6.45) is -25.4. The fourth-order valence-corrected chi connectivity index (χ4v) is 20.8. The van der Waals surface area contributed by atoms with E-state index in [9.17, 15) is 78.0 Å². The molecular formula is C88H114N2O33. The minimum atomic E-state index is -2.35. The molecule has 6 N–H and O–H groups in total. The van der Waals surface area contributed by atoms with Crippen molar-refractivity contribution in [2.75, 3.05) is 6.61 Å². The molecule has 10 aliphatic rings. The number of nitrogens with one attached hydrogen (secondary N) is 2. The van der Waals surface area contributed by atoms with Gasteiger partial charge >= 0.3 is 72.3 Å². The molecule has 2 spiro atoms. The van der Waals surface area contributed by atoms with E-state index in [-0.39, 0.29) is 78.4 Å². The third kappa shape index (κ3) is 16.5. The Morgan fingerprint density at radius 1 is 0.537 bits per heavy atom. The molecule has 35 nitrogen and oxygen atoms in total. The summed E-state index contributed by atoms with van der Waals surface area (Å²) < 4.78 is 90.2. The van der Waals surface area contributed by atoms with E-state index in [1.165, 1.54) is 71.9 Å². The molecule has 5 saturated carbocycles. The van der Waals surface area contributed by atoms with Crippen molar-refractivity contribution in [3.63, 3.8) is 0 Å². The number of ketones is 2. The molecule has 4 bridgehead atoms. The summed E-state index contributed by atoms with van der Waals surface area (Å²) in [6, 6.07) is 13.0. The van der Waals surface area contributed by atoms with Gasteiger partial charge in [-0.25, -0.2) is 38.4 Å². The predicted octanol–water partition coefficient (Wildman–Crippen LogP) is 7.93. The van der Waals surface area contributed by atoms with Crippen molar-refractivity contribution in [3.05, 3.63) is 94.6 Å². The molecule has 8 fully saturated rings. The highest BCUT2D eigenvalue weighted by Crippen LogP contribution is 2.71. The molecule has 2 amide bonds. The summed E-state index contributed by atoms with van der Waals surface area (Å²) >= 11 is 0. The molecule has 0 radical (unpaired) electrons. The average Bonchev–Trinajstić information content (AvgIpc) is 1.65. The highest BCUT2D eigenvalue weighted by atomic mass is 16.8. The largest absolute Gasteiger partial charge is 0.509 e. The van der Waals surface area contributed by atoms with E-state index in [0.717, 1.165) is 20.8 Å². The Kier molecular flexibility index (Phi) is 25.7. The number of fused-ring (bicyclic) bond motifs is 8. The smallest absolute Gasteiger partial charge is 0.458 e. The summed E-state index contributed by atoms with van der Waals surface area (Å²) in [5.41, 5.74) is -17.5. The van der Waals surface area contributed by atoms with Crippen molar-refractivity contribution in [1.29, 1.82) is 0 Å². The van der Waals surface area contributed by atoms with E-state index in [1.807, 2.05) is 0 Å².